The molecule has 1 aromatic heterocycles. The maximum Gasteiger partial charge on any atom is 0.345 e. The van der Waals surface area contributed by atoms with Crippen molar-refractivity contribution in [3.8, 4) is 11.6 Å². The summed E-state index contributed by atoms with van der Waals surface area (Å²) >= 11 is 0. The summed E-state index contributed by atoms with van der Waals surface area (Å²) in [6, 6.07) is 20.0. The molecule has 1 heterocycles. The number of para-hydroxylation sites is 1. The van der Waals surface area contributed by atoms with E-state index >= 15 is 0 Å². The average molecular weight is 450 g/mol. The van der Waals surface area contributed by atoms with Gasteiger partial charge in [0.05, 0.1) is 21.8 Å². The minimum absolute atomic E-state index is 0.0434. The first-order valence-electron chi connectivity index (χ1n) is 9.72. The van der Waals surface area contributed by atoms with Crippen molar-refractivity contribution in [2.75, 3.05) is 0 Å². The van der Waals surface area contributed by atoms with E-state index in [1.807, 2.05) is 6.92 Å². The predicted molar refractivity (Wildman–Crippen MR) is 116 cm³/mol. The van der Waals surface area contributed by atoms with Crippen LogP contribution in [0.25, 0.3) is 5.69 Å². The fourth-order valence-corrected chi connectivity index (χ4v) is 4.75. The number of hydrogen-bond donors (Lipinski definition) is 0. The Hall–Kier alpha value is -3.78. The Kier molecular flexibility index (Phi) is 5.63. The van der Waals surface area contributed by atoms with E-state index in [9.17, 15) is 17.6 Å². The lowest BCUT2D eigenvalue weighted by Crippen LogP contribution is -2.14. The monoisotopic (exact) mass is 450 g/mol. The minimum atomic E-state index is -4.07. The summed E-state index contributed by atoms with van der Waals surface area (Å²) < 4.78 is 47.4. The summed E-state index contributed by atoms with van der Waals surface area (Å²) in [6.07, 6.45) is 0. The van der Waals surface area contributed by atoms with Crippen molar-refractivity contribution in [1.82, 2.24) is 9.78 Å². The van der Waals surface area contributed by atoms with Crippen molar-refractivity contribution in [3.05, 3.63) is 102 Å². The molecular formula is C24H19FN2O4S. The van der Waals surface area contributed by atoms with Gasteiger partial charge < -0.3 is 4.74 Å². The normalized spacial score (nSPS) is 11.3. The van der Waals surface area contributed by atoms with Gasteiger partial charge in [0.15, 0.2) is 4.90 Å². The van der Waals surface area contributed by atoms with Crippen LogP contribution in [0.3, 0.4) is 0 Å². The quantitative estimate of drug-likeness (QED) is 0.413. The van der Waals surface area contributed by atoms with Gasteiger partial charge >= 0.3 is 5.97 Å². The third-order valence-corrected chi connectivity index (χ3v) is 6.72. The van der Waals surface area contributed by atoms with E-state index in [0.717, 1.165) is 11.6 Å². The average Bonchev–Trinajstić information content (AvgIpc) is 3.11. The Morgan fingerprint density at radius 2 is 1.62 bits per heavy atom. The van der Waals surface area contributed by atoms with Crippen molar-refractivity contribution in [3.63, 3.8) is 0 Å². The number of esters is 1. The van der Waals surface area contributed by atoms with Gasteiger partial charge in [0, 0.05) is 0 Å². The van der Waals surface area contributed by atoms with E-state index in [1.54, 1.807) is 42.5 Å². The molecule has 162 valence electrons. The number of carbonyl (C=O) groups excluding carboxylic acids is 1. The van der Waals surface area contributed by atoms with Gasteiger partial charge in [0.1, 0.15) is 5.82 Å². The number of hydrogen-bond acceptors (Lipinski definition) is 5. The van der Waals surface area contributed by atoms with Gasteiger partial charge in [-0.05, 0) is 56.3 Å². The van der Waals surface area contributed by atoms with E-state index in [4.69, 9.17) is 4.74 Å². The van der Waals surface area contributed by atoms with Gasteiger partial charge in [-0.1, -0.05) is 42.0 Å². The van der Waals surface area contributed by atoms with E-state index in [-0.39, 0.29) is 26.9 Å². The molecule has 4 rings (SSSR count). The van der Waals surface area contributed by atoms with Crippen LogP contribution in [0.1, 0.15) is 21.6 Å². The molecular weight excluding hydrogens is 431 g/mol. The van der Waals surface area contributed by atoms with Crippen molar-refractivity contribution >= 4 is 15.8 Å². The van der Waals surface area contributed by atoms with Gasteiger partial charge in [0.2, 0.25) is 15.7 Å². The Morgan fingerprint density at radius 1 is 0.938 bits per heavy atom. The van der Waals surface area contributed by atoms with Crippen molar-refractivity contribution in [2.24, 2.45) is 0 Å². The highest BCUT2D eigenvalue weighted by molar-refractivity contribution is 7.91. The Balaban J connectivity index is 1.89. The molecule has 4 aromatic rings. The Labute approximate surface area is 184 Å². The maximum atomic E-state index is 13.6. The fraction of sp³-hybridized carbons (Fsp3) is 0.0833. The lowest BCUT2D eigenvalue weighted by Gasteiger charge is -2.11. The number of nitrogens with zero attached hydrogens (tertiary/aromatic N) is 2. The molecule has 6 nitrogen and oxygen atoms in total. The van der Waals surface area contributed by atoms with Crippen LogP contribution in [-0.4, -0.2) is 24.2 Å². The molecule has 0 N–H and O–H groups in total. The minimum Gasteiger partial charge on any atom is -0.402 e. The molecule has 0 fully saturated rings. The van der Waals surface area contributed by atoms with Crippen LogP contribution in [0.5, 0.6) is 5.88 Å². The van der Waals surface area contributed by atoms with Gasteiger partial charge in [-0.2, -0.15) is 9.78 Å². The van der Waals surface area contributed by atoms with Crippen LogP contribution >= 0.6 is 0 Å². The molecule has 32 heavy (non-hydrogen) atoms. The number of aryl methyl sites for hydroxylation is 2. The number of ether oxygens (including phenoxy) is 1. The van der Waals surface area contributed by atoms with Crippen molar-refractivity contribution < 1.29 is 22.3 Å². The van der Waals surface area contributed by atoms with Gasteiger partial charge in [0.25, 0.3) is 0 Å². The molecule has 8 heteroatoms. The summed E-state index contributed by atoms with van der Waals surface area (Å²) in [7, 11) is -4.07. The molecule has 0 saturated carbocycles. The van der Waals surface area contributed by atoms with Crippen LogP contribution in [0.4, 0.5) is 4.39 Å². The first-order chi connectivity index (χ1) is 15.3. The topological polar surface area (TPSA) is 78.3 Å². The highest BCUT2D eigenvalue weighted by atomic mass is 32.2. The molecule has 0 aliphatic rings. The lowest BCUT2D eigenvalue weighted by molar-refractivity contribution is 0.0717. The second kappa shape index (κ2) is 8.39. The van der Waals surface area contributed by atoms with E-state index < -0.39 is 21.6 Å². The second-order valence-electron chi connectivity index (χ2n) is 7.18. The van der Waals surface area contributed by atoms with Crippen LogP contribution in [0.15, 0.2) is 88.7 Å². The summed E-state index contributed by atoms with van der Waals surface area (Å²) in [6.45, 7) is 3.38. The third kappa shape index (κ3) is 4.04. The Bertz CT molecular complexity index is 1400. The molecule has 0 radical (unpaired) electrons. The lowest BCUT2D eigenvalue weighted by atomic mass is 10.2. The highest BCUT2D eigenvalue weighted by Crippen LogP contribution is 2.35. The van der Waals surface area contributed by atoms with E-state index in [0.29, 0.717) is 5.69 Å². The number of halogens is 1. The first kappa shape index (κ1) is 21.5. The highest BCUT2D eigenvalue weighted by Gasteiger charge is 2.32. The fourth-order valence-electron chi connectivity index (χ4n) is 3.23. The summed E-state index contributed by atoms with van der Waals surface area (Å²) in [5.41, 5.74) is 1.51. The first-order valence-corrected chi connectivity index (χ1v) is 11.2. The predicted octanol–water partition coefficient (Wildman–Crippen LogP) is 4.68. The number of aromatic nitrogens is 2. The zero-order valence-corrected chi connectivity index (χ0v) is 18.1. The van der Waals surface area contributed by atoms with Crippen LogP contribution < -0.4 is 4.74 Å². The zero-order valence-electron chi connectivity index (χ0n) is 17.3. The SMILES string of the molecule is Cc1ccc(S(=O)(=O)c2c(C)nn(-c3ccccc3)c2OC(=O)c2cccc(F)c2)cc1. The van der Waals surface area contributed by atoms with Crippen LogP contribution in [0.2, 0.25) is 0 Å². The zero-order chi connectivity index (χ0) is 22.9. The summed E-state index contributed by atoms with van der Waals surface area (Å²) in [5, 5.41) is 4.34. The molecule has 0 aliphatic heterocycles. The van der Waals surface area contributed by atoms with Crippen LogP contribution in [-0.2, 0) is 9.84 Å². The van der Waals surface area contributed by atoms with E-state index in [2.05, 4.69) is 5.10 Å². The summed E-state index contributed by atoms with van der Waals surface area (Å²) in [4.78, 5) is 12.6. The standard InChI is InChI=1S/C24H19FN2O4S/c1-16-11-13-21(14-12-16)32(29,30)22-17(2)26-27(20-9-4-3-5-10-20)23(22)31-24(28)18-7-6-8-19(25)15-18/h3-15H,1-2H3. The maximum absolute atomic E-state index is 13.6. The van der Waals surface area contributed by atoms with E-state index in [1.165, 1.54) is 41.9 Å². The van der Waals surface area contributed by atoms with Gasteiger partial charge in [-0.3, -0.25) is 0 Å². The molecule has 0 unspecified atom stereocenters. The molecule has 0 spiro atoms. The third-order valence-electron chi connectivity index (χ3n) is 4.82. The molecule has 0 amide bonds. The Morgan fingerprint density at radius 3 is 2.28 bits per heavy atom. The largest absolute Gasteiger partial charge is 0.402 e. The number of rotatable bonds is 5. The van der Waals surface area contributed by atoms with Crippen LogP contribution in [0, 0.1) is 19.7 Å². The number of benzene rings is 3. The summed E-state index contributed by atoms with van der Waals surface area (Å²) in [5.74, 6) is -1.77. The molecule has 3 aromatic carbocycles. The number of sulfone groups is 1. The van der Waals surface area contributed by atoms with Gasteiger partial charge in [-0.15, -0.1) is 0 Å². The molecule has 0 atom stereocenters. The van der Waals surface area contributed by atoms with Crippen molar-refractivity contribution in [2.45, 2.75) is 23.6 Å². The second-order valence-corrected chi connectivity index (χ2v) is 9.07. The molecule has 0 saturated heterocycles. The smallest absolute Gasteiger partial charge is 0.345 e. The number of carbonyl (C=O) groups is 1. The van der Waals surface area contributed by atoms with Gasteiger partial charge in [-0.25, -0.2) is 17.6 Å². The van der Waals surface area contributed by atoms with Crippen molar-refractivity contribution in [1.29, 1.82) is 0 Å². The molecule has 0 aliphatic carbocycles. The molecule has 0 bridgehead atoms.